The van der Waals surface area contributed by atoms with E-state index in [1.807, 2.05) is 30.3 Å². The van der Waals surface area contributed by atoms with Crippen LogP contribution in [0.5, 0.6) is 0 Å². The highest BCUT2D eigenvalue weighted by Crippen LogP contribution is 2.15. The molecule has 2 aromatic carbocycles. The standard InChI is InChI=1S/C18H21ClN2O/c1-2-21(15-9-4-3-5-10-15)14-8-13-20-18(22)16-11-6-7-12-17(16)19/h3-7,9-12H,2,8,13-14H2,1H3,(H,20,22). The van der Waals surface area contributed by atoms with Crippen LogP contribution in [0.25, 0.3) is 0 Å². The first kappa shape index (κ1) is 16.4. The third-order valence-corrected chi connectivity index (χ3v) is 3.84. The summed E-state index contributed by atoms with van der Waals surface area (Å²) in [6.45, 7) is 4.62. The number of nitrogens with one attached hydrogen (secondary N) is 1. The zero-order chi connectivity index (χ0) is 15.8. The van der Waals surface area contributed by atoms with E-state index in [-0.39, 0.29) is 5.91 Å². The summed E-state index contributed by atoms with van der Waals surface area (Å²) in [6, 6.07) is 17.4. The van der Waals surface area contributed by atoms with E-state index in [0.717, 1.165) is 19.5 Å². The van der Waals surface area contributed by atoms with Crippen molar-refractivity contribution in [3.05, 3.63) is 65.2 Å². The largest absolute Gasteiger partial charge is 0.372 e. The van der Waals surface area contributed by atoms with Crippen LogP contribution in [0.2, 0.25) is 5.02 Å². The average molecular weight is 317 g/mol. The Morgan fingerprint density at radius 3 is 2.45 bits per heavy atom. The third kappa shape index (κ3) is 4.50. The van der Waals surface area contributed by atoms with E-state index in [4.69, 9.17) is 11.6 Å². The van der Waals surface area contributed by atoms with Crippen LogP contribution in [0.4, 0.5) is 5.69 Å². The molecule has 0 saturated carbocycles. The minimum absolute atomic E-state index is 0.117. The van der Waals surface area contributed by atoms with Crippen LogP contribution in [-0.2, 0) is 0 Å². The maximum atomic E-state index is 12.0. The van der Waals surface area contributed by atoms with Crippen LogP contribution in [0.1, 0.15) is 23.7 Å². The van der Waals surface area contributed by atoms with Crippen LogP contribution < -0.4 is 10.2 Å². The highest BCUT2D eigenvalue weighted by Gasteiger charge is 2.09. The van der Waals surface area contributed by atoms with E-state index in [0.29, 0.717) is 17.1 Å². The fourth-order valence-corrected chi connectivity index (χ4v) is 2.54. The van der Waals surface area contributed by atoms with Crippen molar-refractivity contribution in [1.82, 2.24) is 5.32 Å². The second kappa shape index (κ2) is 8.44. The van der Waals surface area contributed by atoms with Gasteiger partial charge < -0.3 is 10.2 Å². The molecule has 0 unspecified atom stereocenters. The lowest BCUT2D eigenvalue weighted by atomic mass is 10.2. The van der Waals surface area contributed by atoms with Gasteiger partial charge in [-0.3, -0.25) is 4.79 Å². The van der Waals surface area contributed by atoms with Crippen molar-refractivity contribution in [2.45, 2.75) is 13.3 Å². The molecule has 0 saturated heterocycles. The SMILES string of the molecule is CCN(CCCNC(=O)c1ccccc1Cl)c1ccccc1. The minimum Gasteiger partial charge on any atom is -0.372 e. The molecule has 0 bridgehead atoms. The number of carbonyl (C=O) groups excluding carboxylic acids is 1. The molecule has 1 N–H and O–H groups in total. The van der Waals surface area contributed by atoms with Gasteiger partial charge in [0.2, 0.25) is 0 Å². The van der Waals surface area contributed by atoms with Gasteiger partial charge in [0.25, 0.3) is 5.91 Å². The third-order valence-electron chi connectivity index (χ3n) is 3.51. The lowest BCUT2D eigenvalue weighted by molar-refractivity contribution is 0.0953. The smallest absolute Gasteiger partial charge is 0.252 e. The minimum atomic E-state index is -0.117. The van der Waals surface area contributed by atoms with Gasteiger partial charge >= 0.3 is 0 Å². The van der Waals surface area contributed by atoms with E-state index < -0.39 is 0 Å². The predicted octanol–water partition coefficient (Wildman–Crippen LogP) is 3.99. The van der Waals surface area contributed by atoms with Gasteiger partial charge in [-0.1, -0.05) is 41.9 Å². The van der Waals surface area contributed by atoms with Crippen LogP contribution in [0.15, 0.2) is 54.6 Å². The molecule has 2 rings (SSSR count). The summed E-state index contributed by atoms with van der Waals surface area (Å²) in [7, 11) is 0. The van der Waals surface area contributed by atoms with Crippen LogP contribution in [-0.4, -0.2) is 25.5 Å². The van der Waals surface area contributed by atoms with E-state index >= 15 is 0 Å². The summed E-state index contributed by atoms with van der Waals surface area (Å²) in [4.78, 5) is 14.3. The highest BCUT2D eigenvalue weighted by molar-refractivity contribution is 6.33. The first-order valence-electron chi connectivity index (χ1n) is 7.55. The predicted molar refractivity (Wildman–Crippen MR) is 92.7 cm³/mol. The summed E-state index contributed by atoms with van der Waals surface area (Å²) >= 11 is 6.02. The summed E-state index contributed by atoms with van der Waals surface area (Å²) in [5.74, 6) is -0.117. The number of halogens is 1. The van der Waals surface area contributed by atoms with Gasteiger partial charge in [0.05, 0.1) is 10.6 Å². The molecule has 0 heterocycles. The number of hydrogen-bond acceptors (Lipinski definition) is 2. The number of benzene rings is 2. The maximum absolute atomic E-state index is 12.0. The quantitative estimate of drug-likeness (QED) is 0.783. The summed E-state index contributed by atoms with van der Waals surface area (Å²) in [5.41, 5.74) is 1.74. The molecular formula is C18H21ClN2O. The Morgan fingerprint density at radius 2 is 1.77 bits per heavy atom. The van der Waals surface area contributed by atoms with Gasteiger partial charge in [0.15, 0.2) is 0 Å². The first-order valence-corrected chi connectivity index (χ1v) is 7.93. The topological polar surface area (TPSA) is 32.3 Å². The van der Waals surface area contributed by atoms with Crippen molar-refractivity contribution in [2.75, 3.05) is 24.5 Å². The van der Waals surface area contributed by atoms with Gasteiger partial charge in [0.1, 0.15) is 0 Å². The van der Waals surface area contributed by atoms with Gasteiger partial charge in [0, 0.05) is 25.3 Å². The molecule has 0 aliphatic heterocycles. The van der Waals surface area contributed by atoms with Crippen molar-refractivity contribution in [1.29, 1.82) is 0 Å². The van der Waals surface area contributed by atoms with E-state index in [9.17, 15) is 4.79 Å². The first-order chi connectivity index (χ1) is 10.7. The van der Waals surface area contributed by atoms with E-state index in [2.05, 4.69) is 29.3 Å². The van der Waals surface area contributed by atoms with Crippen LogP contribution in [0.3, 0.4) is 0 Å². The Hall–Kier alpha value is -2.00. The van der Waals surface area contributed by atoms with Crippen molar-refractivity contribution in [3.8, 4) is 0 Å². The van der Waals surface area contributed by atoms with Gasteiger partial charge in [-0.2, -0.15) is 0 Å². The number of rotatable bonds is 7. The highest BCUT2D eigenvalue weighted by atomic mass is 35.5. The fraction of sp³-hybridized carbons (Fsp3) is 0.278. The molecule has 22 heavy (non-hydrogen) atoms. The lowest BCUT2D eigenvalue weighted by Crippen LogP contribution is -2.30. The second-order valence-electron chi connectivity index (χ2n) is 5.00. The summed E-state index contributed by atoms with van der Waals surface area (Å²) < 4.78 is 0. The number of nitrogens with zero attached hydrogens (tertiary/aromatic N) is 1. The van der Waals surface area contributed by atoms with E-state index in [1.165, 1.54) is 5.69 Å². The Morgan fingerprint density at radius 1 is 1.09 bits per heavy atom. The van der Waals surface area contributed by atoms with Crippen molar-refractivity contribution in [3.63, 3.8) is 0 Å². The van der Waals surface area contributed by atoms with Crippen LogP contribution in [0, 0.1) is 0 Å². The summed E-state index contributed by atoms with van der Waals surface area (Å²) in [6.07, 6.45) is 0.888. The molecule has 0 aliphatic rings. The number of para-hydroxylation sites is 1. The molecule has 0 spiro atoms. The maximum Gasteiger partial charge on any atom is 0.252 e. The molecule has 0 aliphatic carbocycles. The fourth-order valence-electron chi connectivity index (χ4n) is 2.32. The zero-order valence-corrected chi connectivity index (χ0v) is 13.5. The van der Waals surface area contributed by atoms with Crippen molar-refractivity contribution >= 4 is 23.2 Å². The van der Waals surface area contributed by atoms with Gasteiger partial charge in [-0.05, 0) is 37.6 Å². The van der Waals surface area contributed by atoms with Crippen molar-refractivity contribution in [2.24, 2.45) is 0 Å². The molecule has 4 heteroatoms. The molecule has 116 valence electrons. The lowest BCUT2D eigenvalue weighted by Gasteiger charge is -2.23. The normalized spacial score (nSPS) is 10.3. The van der Waals surface area contributed by atoms with Gasteiger partial charge in [-0.15, -0.1) is 0 Å². The summed E-state index contributed by atoms with van der Waals surface area (Å²) in [5, 5.41) is 3.41. The Bertz CT molecular complexity index is 601. The zero-order valence-electron chi connectivity index (χ0n) is 12.8. The molecule has 3 nitrogen and oxygen atoms in total. The van der Waals surface area contributed by atoms with E-state index in [1.54, 1.807) is 12.1 Å². The molecule has 0 fully saturated rings. The average Bonchev–Trinajstić information content (AvgIpc) is 2.56. The van der Waals surface area contributed by atoms with Gasteiger partial charge in [-0.25, -0.2) is 0 Å². The molecule has 2 aromatic rings. The molecule has 1 amide bonds. The molecule has 0 radical (unpaired) electrons. The Labute approximate surface area is 136 Å². The molecule has 0 aromatic heterocycles. The molecular weight excluding hydrogens is 296 g/mol. The number of anilines is 1. The number of amides is 1. The monoisotopic (exact) mass is 316 g/mol. The molecule has 0 atom stereocenters. The van der Waals surface area contributed by atoms with Crippen molar-refractivity contribution < 1.29 is 4.79 Å². The second-order valence-corrected chi connectivity index (χ2v) is 5.41. The Balaban J connectivity index is 1.79. The van der Waals surface area contributed by atoms with Crippen LogP contribution >= 0.6 is 11.6 Å². The number of carbonyl (C=O) groups is 1. The Kier molecular flexibility index (Phi) is 6.28. The number of hydrogen-bond donors (Lipinski definition) is 1.